The standard InChI is InChI=1S/C25H17ClF4N4O5/c26-19-17-20(33-24(32-19)25(28,29)30)34(12-31-17)21-16(27)18(39-23(36)14-9-5-2-6-10-14)15(38-21)11-37-22(35)13-7-3-1-4-8-13/h1-10,12,15-16,18,21H,11H2/t15-,16+,18-,21-/m1/s1. The van der Waals surface area contributed by atoms with Crippen molar-refractivity contribution in [3.8, 4) is 0 Å². The van der Waals surface area contributed by atoms with Gasteiger partial charge in [-0.2, -0.15) is 13.2 Å². The Morgan fingerprint density at radius 1 is 0.974 bits per heavy atom. The smallest absolute Gasteiger partial charge is 0.451 e. The highest BCUT2D eigenvalue weighted by atomic mass is 35.5. The number of aromatic nitrogens is 4. The molecule has 0 amide bonds. The first-order valence-electron chi connectivity index (χ1n) is 11.4. The first kappa shape index (κ1) is 26.5. The van der Waals surface area contributed by atoms with Gasteiger partial charge >= 0.3 is 18.1 Å². The van der Waals surface area contributed by atoms with E-state index in [-0.39, 0.29) is 16.6 Å². The van der Waals surface area contributed by atoms with Crippen LogP contribution in [-0.2, 0) is 20.4 Å². The van der Waals surface area contributed by atoms with Gasteiger partial charge in [-0.25, -0.2) is 28.9 Å². The third-order valence-corrected chi connectivity index (χ3v) is 6.08. The van der Waals surface area contributed by atoms with Gasteiger partial charge in [-0.05, 0) is 24.3 Å². The van der Waals surface area contributed by atoms with Crippen molar-refractivity contribution >= 4 is 34.7 Å². The number of ether oxygens (including phenoxy) is 3. The molecule has 0 aliphatic carbocycles. The van der Waals surface area contributed by atoms with Crippen LogP contribution in [0.5, 0.6) is 0 Å². The number of hydrogen-bond donors (Lipinski definition) is 0. The normalized spacial score (nSPS) is 21.2. The average Bonchev–Trinajstić information content (AvgIpc) is 3.49. The topological polar surface area (TPSA) is 105 Å². The Balaban J connectivity index is 1.45. The number of alkyl halides is 4. The van der Waals surface area contributed by atoms with Crippen molar-refractivity contribution < 1.29 is 41.4 Å². The number of fused-ring (bicyclic) bond motifs is 1. The van der Waals surface area contributed by atoms with E-state index in [1.807, 2.05) is 0 Å². The van der Waals surface area contributed by atoms with Crippen molar-refractivity contribution in [2.75, 3.05) is 6.61 Å². The van der Waals surface area contributed by atoms with Crippen LogP contribution in [0.2, 0.25) is 5.15 Å². The van der Waals surface area contributed by atoms with Crippen LogP contribution in [0.3, 0.4) is 0 Å². The molecule has 4 aromatic rings. The van der Waals surface area contributed by atoms with Crippen LogP contribution >= 0.6 is 11.6 Å². The Hall–Kier alpha value is -4.10. The van der Waals surface area contributed by atoms with Crippen LogP contribution in [0.1, 0.15) is 32.8 Å². The second kappa shape index (κ2) is 10.6. The second-order valence-electron chi connectivity index (χ2n) is 8.37. The second-order valence-corrected chi connectivity index (χ2v) is 8.73. The number of imidazole rings is 1. The lowest BCUT2D eigenvalue weighted by atomic mass is 10.1. The summed E-state index contributed by atoms with van der Waals surface area (Å²) in [5, 5.41) is -0.597. The molecule has 0 radical (unpaired) electrons. The average molecular weight is 565 g/mol. The molecular weight excluding hydrogens is 548 g/mol. The summed E-state index contributed by atoms with van der Waals surface area (Å²) in [5.74, 6) is -3.18. The predicted octanol–water partition coefficient (Wildman–Crippen LogP) is 4.82. The molecule has 0 saturated carbocycles. The van der Waals surface area contributed by atoms with Crippen LogP contribution in [0.4, 0.5) is 17.6 Å². The summed E-state index contributed by atoms with van der Waals surface area (Å²) >= 11 is 5.87. The summed E-state index contributed by atoms with van der Waals surface area (Å²) in [7, 11) is 0. The molecule has 4 atom stereocenters. The van der Waals surface area contributed by atoms with Crippen molar-refractivity contribution in [3.63, 3.8) is 0 Å². The number of halogens is 5. The van der Waals surface area contributed by atoms with Crippen molar-refractivity contribution in [2.24, 2.45) is 0 Å². The fourth-order valence-electron chi connectivity index (χ4n) is 3.97. The number of esters is 2. The van der Waals surface area contributed by atoms with E-state index in [2.05, 4.69) is 15.0 Å². The van der Waals surface area contributed by atoms with Gasteiger partial charge in [0.1, 0.15) is 18.2 Å². The fraction of sp³-hybridized carbons (Fsp3) is 0.240. The van der Waals surface area contributed by atoms with Gasteiger partial charge < -0.3 is 14.2 Å². The van der Waals surface area contributed by atoms with Crippen molar-refractivity contribution in [2.45, 2.75) is 30.8 Å². The van der Waals surface area contributed by atoms with Crippen LogP contribution in [0.15, 0.2) is 67.0 Å². The zero-order chi connectivity index (χ0) is 27.7. The summed E-state index contributed by atoms with van der Waals surface area (Å²) < 4.78 is 73.1. The summed E-state index contributed by atoms with van der Waals surface area (Å²) in [6.07, 6.45) is -10.7. The van der Waals surface area contributed by atoms with E-state index >= 15 is 4.39 Å². The number of benzene rings is 2. The highest BCUT2D eigenvalue weighted by molar-refractivity contribution is 6.33. The third kappa shape index (κ3) is 5.40. The molecule has 0 bridgehead atoms. The molecule has 1 aliphatic rings. The van der Waals surface area contributed by atoms with Gasteiger partial charge in [0, 0.05) is 0 Å². The molecule has 3 heterocycles. The molecular formula is C25H17ClF4N4O5. The van der Waals surface area contributed by atoms with Crippen LogP contribution in [-0.4, -0.2) is 56.4 Å². The number of carbonyl (C=O) groups excluding carboxylic acids is 2. The predicted molar refractivity (Wildman–Crippen MR) is 127 cm³/mol. The molecule has 1 aliphatic heterocycles. The largest absolute Gasteiger partial charge is 0.459 e. The maximum absolute atomic E-state index is 15.9. The molecule has 39 heavy (non-hydrogen) atoms. The van der Waals surface area contributed by atoms with E-state index in [0.717, 1.165) is 10.9 Å². The summed E-state index contributed by atoms with van der Waals surface area (Å²) in [6, 6.07) is 15.7. The number of nitrogens with zero attached hydrogens (tertiary/aromatic N) is 4. The highest BCUT2D eigenvalue weighted by Crippen LogP contribution is 2.37. The van der Waals surface area contributed by atoms with E-state index in [1.165, 1.54) is 24.3 Å². The molecule has 5 rings (SSSR count). The third-order valence-electron chi connectivity index (χ3n) is 5.81. The lowest BCUT2D eigenvalue weighted by molar-refractivity contribution is -0.144. The van der Waals surface area contributed by atoms with Crippen LogP contribution in [0.25, 0.3) is 11.2 Å². The first-order valence-corrected chi connectivity index (χ1v) is 11.8. The summed E-state index contributed by atoms with van der Waals surface area (Å²) in [4.78, 5) is 35.7. The molecule has 14 heteroatoms. The number of hydrogen-bond acceptors (Lipinski definition) is 8. The van der Waals surface area contributed by atoms with Crippen molar-refractivity contribution in [3.05, 3.63) is 89.1 Å². The Morgan fingerprint density at radius 3 is 2.21 bits per heavy atom. The Labute approximate surface area is 222 Å². The summed E-state index contributed by atoms with van der Waals surface area (Å²) in [5.41, 5.74) is -0.341. The zero-order valence-electron chi connectivity index (χ0n) is 19.6. The van der Waals surface area contributed by atoms with Gasteiger partial charge in [-0.3, -0.25) is 4.57 Å². The van der Waals surface area contributed by atoms with Crippen LogP contribution in [0, 0.1) is 0 Å². The Bertz CT molecular complexity index is 1500. The van der Waals surface area contributed by atoms with Gasteiger partial charge in [0.25, 0.3) is 0 Å². The molecule has 0 unspecified atom stereocenters. The van der Waals surface area contributed by atoms with Gasteiger partial charge in [0.2, 0.25) is 5.82 Å². The zero-order valence-corrected chi connectivity index (χ0v) is 20.3. The minimum Gasteiger partial charge on any atom is -0.459 e. The quantitative estimate of drug-likeness (QED) is 0.187. The molecule has 2 aromatic heterocycles. The molecule has 2 aromatic carbocycles. The summed E-state index contributed by atoms with van der Waals surface area (Å²) in [6.45, 7) is -0.534. The van der Waals surface area contributed by atoms with Crippen LogP contribution < -0.4 is 0 Å². The molecule has 9 nitrogen and oxygen atoms in total. The van der Waals surface area contributed by atoms with E-state index in [4.69, 9.17) is 25.8 Å². The van der Waals surface area contributed by atoms with Gasteiger partial charge in [-0.15, -0.1) is 0 Å². The van der Waals surface area contributed by atoms with Gasteiger partial charge in [-0.1, -0.05) is 48.0 Å². The van der Waals surface area contributed by atoms with E-state index in [9.17, 15) is 22.8 Å². The first-order chi connectivity index (χ1) is 18.6. The van der Waals surface area contributed by atoms with Crippen molar-refractivity contribution in [1.29, 1.82) is 0 Å². The maximum Gasteiger partial charge on any atom is 0.451 e. The molecule has 1 saturated heterocycles. The SMILES string of the molecule is O=C(OC[C@H]1O[C@@H](n2cnc3c(Cl)nc(C(F)(F)F)nc32)[C@@H](F)[C@@H]1OC(=O)c1ccccc1)c1ccccc1. The monoisotopic (exact) mass is 564 g/mol. The Morgan fingerprint density at radius 2 is 1.59 bits per heavy atom. The van der Waals surface area contributed by atoms with Gasteiger partial charge in [0.15, 0.2) is 29.3 Å². The Kier molecular flexibility index (Phi) is 7.19. The van der Waals surface area contributed by atoms with Crippen molar-refractivity contribution in [1.82, 2.24) is 19.5 Å². The van der Waals surface area contributed by atoms with E-state index in [1.54, 1.807) is 36.4 Å². The van der Waals surface area contributed by atoms with E-state index < -0.39 is 66.0 Å². The fourth-order valence-corrected chi connectivity index (χ4v) is 4.18. The highest BCUT2D eigenvalue weighted by Gasteiger charge is 2.50. The lowest BCUT2D eigenvalue weighted by Gasteiger charge is -2.19. The van der Waals surface area contributed by atoms with Gasteiger partial charge in [0.05, 0.1) is 17.5 Å². The minimum absolute atomic E-state index is 0.121. The molecule has 202 valence electrons. The molecule has 0 N–H and O–H groups in total. The lowest BCUT2D eigenvalue weighted by Crippen LogP contribution is -2.37. The maximum atomic E-state index is 15.9. The minimum atomic E-state index is -4.94. The number of rotatable bonds is 6. The number of carbonyl (C=O) groups is 2. The molecule has 1 fully saturated rings. The molecule has 0 spiro atoms. The van der Waals surface area contributed by atoms with E-state index in [0.29, 0.717) is 0 Å².